The second-order valence-electron chi connectivity index (χ2n) is 4.46. The first-order valence-corrected chi connectivity index (χ1v) is 6.97. The van der Waals surface area contributed by atoms with Crippen LogP contribution in [-0.4, -0.2) is 5.84 Å². The lowest BCUT2D eigenvalue weighted by Gasteiger charge is -2.08. The van der Waals surface area contributed by atoms with Crippen molar-refractivity contribution in [2.24, 2.45) is 5.73 Å². The minimum atomic E-state index is -0.687. The molecule has 0 fully saturated rings. The van der Waals surface area contributed by atoms with Gasteiger partial charge in [0.25, 0.3) is 0 Å². The van der Waals surface area contributed by atoms with E-state index >= 15 is 0 Å². The van der Waals surface area contributed by atoms with Gasteiger partial charge in [0, 0.05) is 11.3 Å². The summed E-state index contributed by atoms with van der Waals surface area (Å²) in [5, 5.41) is 7.20. The van der Waals surface area contributed by atoms with Crippen molar-refractivity contribution in [3.63, 3.8) is 0 Å². The topological polar surface area (TPSA) is 49.9 Å². The molecule has 2 aromatic rings. The van der Waals surface area contributed by atoms with Crippen LogP contribution in [0.1, 0.15) is 16.7 Å². The van der Waals surface area contributed by atoms with E-state index in [2.05, 4.69) is 0 Å². The number of halogens is 2. The average Bonchev–Trinajstić information content (AvgIpc) is 2.37. The van der Waals surface area contributed by atoms with Gasteiger partial charge < -0.3 is 5.73 Å². The summed E-state index contributed by atoms with van der Waals surface area (Å²) in [6.45, 7) is 1.97. The number of hydrogen-bond donors (Lipinski definition) is 2. The van der Waals surface area contributed by atoms with Crippen LogP contribution in [0.15, 0.2) is 41.3 Å². The van der Waals surface area contributed by atoms with Crippen LogP contribution in [0.25, 0.3) is 0 Å². The van der Waals surface area contributed by atoms with Gasteiger partial charge in [-0.25, -0.2) is 8.78 Å². The molecule has 0 aliphatic carbocycles. The van der Waals surface area contributed by atoms with Gasteiger partial charge in [-0.3, -0.25) is 5.41 Å². The zero-order valence-electron chi connectivity index (χ0n) is 10.9. The maximum Gasteiger partial charge on any atom is 0.140 e. The Labute approximate surface area is 120 Å². The highest BCUT2D eigenvalue weighted by atomic mass is 32.2. The fraction of sp³-hybridized carbons (Fsp3) is 0.133. The molecule has 104 valence electrons. The van der Waals surface area contributed by atoms with Crippen molar-refractivity contribution < 1.29 is 8.78 Å². The summed E-state index contributed by atoms with van der Waals surface area (Å²) in [6.07, 6.45) is 0. The lowest BCUT2D eigenvalue weighted by atomic mass is 10.2. The Morgan fingerprint density at radius 3 is 2.40 bits per heavy atom. The molecule has 0 radical (unpaired) electrons. The van der Waals surface area contributed by atoms with Crippen molar-refractivity contribution in [2.75, 3.05) is 0 Å². The Hall–Kier alpha value is -1.88. The third kappa shape index (κ3) is 3.36. The number of hydrogen-bond acceptors (Lipinski definition) is 2. The molecular formula is C15H14F2N2S. The first-order valence-electron chi connectivity index (χ1n) is 5.99. The first kappa shape index (κ1) is 14.5. The molecule has 0 atom stereocenters. The molecule has 0 saturated heterocycles. The Morgan fingerprint density at radius 2 is 1.85 bits per heavy atom. The molecule has 0 aliphatic heterocycles. The van der Waals surface area contributed by atoms with E-state index in [0.717, 1.165) is 35.0 Å². The molecule has 20 heavy (non-hydrogen) atoms. The van der Waals surface area contributed by atoms with Crippen LogP contribution in [0.2, 0.25) is 0 Å². The average molecular weight is 292 g/mol. The molecule has 0 bridgehead atoms. The molecule has 0 heterocycles. The number of amidine groups is 1. The second-order valence-corrected chi connectivity index (χ2v) is 5.45. The number of nitrogens with one attached hydrogen (secondary N) is 1. The fourth-order valence-corrected chi connectivity index (χ4v) is 2.69. The summed E-state index contributed by atoms with van der Waals surface area (Å²) >= 11 is 1.09. The molecule has 2 nitrogen and oxygen atoms in total. The van der Waals surface area contributed by atoms with Crippen LogP contribution in [0.5, 0.6) is 0 Å². The van der Waals surface area contributed by atoms with Crippen LogP contribution < -0.4 is 5.73 Å². The Bertz CT molecular complexity index is 633. The lowest BCUT2D eigenvalue weighted by Crippen LogP contribution is -2.12. The van der Waals surface area contributed by atoms with E-state index in [0.29, 0.717) is 5.75 Å². The van der Waals surface area contributed by atoms with E-state index in [-0.39, 0.29) is 16.3 Å². The van der Waals surface area contributed by atoms with Crippen LogP contribution in [0, 0.1) is 24.0 Å². The summed E-state index contributed by atoms with van der Waals surface area (Å²) in [7, 11) is 0. The number of aryl methyl sites for hydroxylation is 1. The number of rotatable bonds is 4. The molecule has 2 aromatic carbocycles. The maximum atomic E-state index is 13.8. The summed E-state index contributed by atoms with van der Waals surface area (Å²) < 4.78 is 27.7. The Kier molecular flexibility index (Phi) is 4.39. The predicted octanol–water partition coefficient (Wildman–Crippen LogP) is 3.85. The van der Waals surface area contributed by atoms with Gasteiger partial charge in [0.2, 0.25) is 0 Å². The summed E-state index contributed by atoms with van der Waals surface area (Å²) in [5.74, 6) is -1.24. The molecule has 0 unspecified atom stereocenters. The summed E-state index contributed by atoms with van der Waals surface area (Å²) in [4.78, 5) is -0.0449. The van der Waals surface area contributed by atoms with Crippen molar-refractivity contribution in [3.05, 3.63) is 64.7 Å². The highest BCUT2D eigenvalue weighted by Crippen LogP contribution is 2.29. The van der Waals surface area contributed by atoms with Gasteiger partial charge in [0.05, 0.1) is 4.90 Å². The van der Waals surface area contributed by atoms with E-state index in [1.54, 1.807) is 0 Å². The van der Waals surface area contributed by atoms with Crippen molar-refractivity contribution in [3.8, 4) is 0 Å². The van der Waals surface area contributed by atoms with Gasteiger partial charge in [-0.05, 0) is 24.6 Å². The molecule has 0 spiro atoms. The molecular weight excluding hydrogens is 278 g/mol. The number of nitrogens with two attached hydrogens (primary N) is 1. The standard InChI is InChI=1S/C15H14F2N2S/c1-9-3-2-4-10(5-9)8-20-14-12(16)6-11(15(18)19)7-13(14)17/h2-7H,8H2,1H3,(H3,18,19). The first-order chi connectivity index (χ1) is 9.47. The van der Waals surface area contributed by atoms with E-state index < -0.39 is 11.6 Å². The fourth-order valence-electron chi connectivity index (χ4n) is 1.81. The normalized spacial score (nSPS) is 10.6. The van der Waals surface area contributed by atoms with Gasteiger partial charge in [-0.2, -0.15) is 0 Å². The Balaban J connectivity index is 2.20. The maximum absolute atomic E-state index is 13.8. The van der Waals surface area contributed by atoms with Gasteiger partial charge >= 0.3 is 0 Å². The van der Waals surface area contributed by atoms with Crippen LogP contribution in [-0.2, 0) is 5.75 Å². The Morgan fingerprint density at radius 1 is 1.20 bits per heavy atom. The molecule has 2 rings (SSSR count). The van der Waals surface area contributed by atoms with Crippen LogP contribution >= 0.6 is 11.8 Å². The largest absolute Gasteiger partial charge is 0.384 e. The highest BCUT2D eigenvalue weighted by Gasteiger charge is 2.13. The van der Waals surface area contributed by atoms with Crippen LogP contribution in [0.4, 0.5) is 8.78 Å². The molecule has 5 heteroatoms. The highest BCUT2D eigenvalue weighted by molar-refractivity contribution is 7.98. The zero-order chi connectivity index (χ0) is 14.7. The smallest absolute Gasteiger partial charge is 0.140 e. The van der Waals surface area contributed by atoms with Crippen LogP contribution in [0.3, 0.4) is 0 Å². The lowest BCUT2D eigenvalue weighted by molar-refractivity contribution is 0.540. The number of benzene rings is 2. The monoisotopic (exact) mass is 292 g/mol. The molecule has 0 aliphatic rings. The number of thioether (sulfide) groups is 1. The van der Waals surface area contributed by atoms with Gasteiger partial charge in [-0.1, -0.05) is 29.8 Å². The minimum Gasteiger partial charge on any atom is -0.384 e. The van der Waals surface area contributed by atoms with Crippen molar-refractivity contribution >= 4 is 17.6 Å². The predicted molar refractivity (Wildman–Crippen MR) is 78.1 cm³/mol. The summed E-state index contributed by atoms with van der Waals surface area (Å²) in [5.41, 5.74) is 7.39. The SMILES string of the molecule is Cc1cccc(CSc2c(F)cc(C(=N)N)cc2F)c1. The van der Waals surface area contributed by atoms with Gasteiger partial charge in [0.1, 0.15) is 17.5 Å². The van der Waals surface area contributed by atoms with Gasteiger partial charge in [-0.15, -0.1) is 11.8 Å². The second kappa shape index (κ2) is 6.05. The van der Waals surface area contributed by atoms with Crippen molar-refractivity contribution in [1.29, 1.82) is 5.41 Å². The van der Waals surface area contributed by atoms with E-state index in [1.165, 1.54) is 0 Å². The molecule has 0 aromatic heterocycles. The molecule has 3 N–H and O–H groups in total. The van der Waals surface area contributed by atoms with E-state index in [4.69, 9.17) is 11.1 Å². The quantitative estimate of drug-likeness (QED) is 0.511. The molecule has 0 saturated carbocycles. The zero-order valence-corrected chi connectivity index (χ0v) is 11.7. The number of nitrogen functional groups attached to an aromatic ring is 1. The third-order valence-corrected chi connectivity index (χ3v) is 3.93. The molecule has 0 amide bonds. The van der Waals surface area contributed by atoms with Crippen molar-refractivity contribution in [1.82, 2.24) is 0 Å². The summed E-state index contributed by atoms with van der Waals surface area (Å²) in [6, 6.07) is 9.95. The van der Waals surface area contributed by atoms with Gasteiger partial charge in [0.15, 0.2) is 0 Å². The van der Waals surface area contributed by atoms with E-state index in [9.17, 15) is 8.78 Å². The third-order valence-electron chi connectivity index (χ3n) is 2.77. The van der Waals surface area contributed by atoms with Crippen molar-refractivity contribution in [2.45, 2.75) is 17.6 Å². The van der Waals surface area contributed by atoms with E-state index in [1.807, 2.05) is 31.2 Å². The minimum absolute atomic E-state index is 0.0449.